The van der Waals surface area contributed by atoms with Crippen molar-refractivity contribution in [1.82, 2.24) is 4.98 Å². The topological polar surface area (TPSA) is 83.3 Å². The molecule has 1 aliphatic rings. The molecule has 5 nitrogen and oxygen atoms in total. The molecule has 1 aromatic heterocycles. The van der Waals surface area contributed by atoms with Crippen LogP contribution in [0.2, 0.25) is 0 Å². The first kappa shape index (κ1) is 10.8. The highest BCUT2D eigenvalue weighted by Crippen LogP contribution is 2.37. The molecule has 1 fully saturated rings. The van der Waals surface area contributed by atoms with E-state index in [1.807, 2.05) is 0 Å². The van der Waals surface area contributed by atoms with Crippen LogP contribution in [0.15, 0.2) is 18.3 Å². The maximum absolute atomic E-state index is 11.3. The van der Waals surface area contributed by atoms with Crippen molar-refractivity contribution in [3.63, 3.8) is 0 Å². The van der Waals surface area contributed by atoms with Crippen LogP contribution in [0, 0.1) is 5.41 Å². The van der Waals surface area contributed by atoms with Gasteiger partial charge in [-0.1, -0.05) is 0 Å². The summed E-state index contributed by atoms with van der Waals surface area (Å²) in [5.41, 5.74) is -0.315. The highest BCUT2D eigenvalue weighted by molar-refractivity contribution is 6.05. The first-order valence-corrected chi connectivity index (χ1v) is 4.93. The van der Waals surface area contributed by atoms with Gasteiger partial charge in [-0.3, -0.25) is 10.4 Å². The van der Waals surface area contributed by atoms with Crippen LogP contribution < -0.4 is 0 Å². The molecule has 16 heavy (non-hydrogen) atoms. The fourth-order valence-electron chi connectivity index (χ4n) is 1.42. The van der Waals surface area contributed by atoms with E-state index < -0.39 is 11.6 Å². The van der Waals surface area contributed by atoms with Gasteiger partial charge >= 0.3 is 5.97 Å². The number of hydrogen-bond acceptors (Lipinski definition) is 5. The summed E-state index contributed by atoms with van der Waals surface area (Å²) in [7, 11) is 1.29. The SMILES string of the molecule is COC(=O)c1ccnc(C(=N)C2(O)CC2)c1. The maximum atomic E-state index is 11.3. The molecule has 0 spiro atoms. The molecule has 1 aromatic rings. The van der Waals surface area contributed by atoms with Crippen molar-refractivity contribution < 1.29 is 14.6 Å². The summed E-state index contributed by atoms with van der Waals surface area (Å²) in [5.74, 6) is -0.473. The normalized spacial score (nSPS) is 16.6. The molecule has 0 unspecified atom stereocenters. The lowest BCUT2D eigenvalue weighted by Crippen LogP contribution is -2.23. The van der Waals surface area contributed by atoms with Gasteiger partial charge in [0, 0.05) is 6.20 Å². The van der Waals surface area contributed by atoms with E-state index in [2.05, 4.69) is 9.72 Å². The van der Waals surface area contributed by atoms with Gasteiger partial charge in [0.25, 0.3) is 0 Å². The first-order valence-electron chi connectivity index (χ1n) is 4.93. The molecule has 0 aliphatic heterocycles. The number of rotatable bonds is 3. The number of methoxy groups -OCH3 is 1. The molecular formula is C11H12N2O3. The number of hydrogen-bond donors (Lipinski definition) is 2. The minimum absolute atomic E-state index is 0.0678. The molecule has 0 saturated heterocycles. The standard InChI is InChI=1S/C11H12N2O3/c1-16-10(14)7-2-5-13-8(6-7)9(12)11(15)3-4-11/h2,5-6,12,15H,3-4H2,1H3. The zero-order valence-corrected chi connectivity index (χ0v) is 8.86. The number of carbonyl (C=O) groups excluding carboxylic acids is 1. The lowest BCUT2D eigenvalue weighted by atomic mass is 10.1. The Morgan fingerprint density at radius 1 is 1.62 bits per heavy atom. The number of nitrogens with zero attached hydrogens (tertiary/aromatic N) is 1. The number of pyridine rings is 1. The second kappa shape index (κ2) is 3.68. The molecule has 2 N–H and O–H groups in total. The Labute approximate surface area is 92.6 Å². The molecule has 0 atom stereocenters. The van der Waals surface area contributed by atoms with Gasteiger partial charge in [0.15, 0.2) is 0 Å². The van der Waals surface area contributed by atoms with Crippen LogP contribution >= 0.6 is 0 Å². The Bertz CT molecular complexity index is 452. The third-order valence-electron chi connectivity index (χ3n) is 2.63. The lowest BCUT2D eigenvalue weighted by molar-refractivity contribution is 0.0600. The Hall–Kier alpha value is -1.75. The van der Waals surface area contributed by atoms with E-state index >= 15 is 0 Å². The van der Waals surface area contributed by atoms with Crippen LogP contribution in [-0.4, -0.2) is 34.5 Å². The third kappa shape index (κ3) is 1.81. The van der Waals surface area contributed by atoms with Gasteiger partial charge in [0.05, 0.1) is 24.1 Å². The summed E-state index contributed by atoms with van der Waals surface area (Å²) in [4.78, 5) is 15.2. The summed E-state index contributed by atoms with van der Waals surface area (Å²) in [6.45, 7) is 0. The van der Waals surface area contributed by atoms with Crippen LogP contribution in [0.4, 0.5) is 0 Å². The highest BCUT2D eigenvalue weighted by Gasteiger charge is 2.45. The average molecular weight is 220 g/mol. The Balaban J connectivity index is 2.29. The van der Waals surface area contributed by atoms with Gasteiger partial charge < -0.3 is 9.84 Å². The monoisotopic (exact) mass is 220 g/mol. The van der Waals surface area contributed by atoms with Gasteiger partial charge in [-0.2, -0.15) is 0 Å². The maximum Gasteiger partial charge on any atom is 0.337 e. The van der Waals surface area contributed by atoms with Crippen LogP contribution in [0.3, 0.4) is 0 Å². The predicted molar refractivity (Wildman–Crippen MR) is 56.6 cm³/mol. The minimum atomic E-state index is -1.04. The molecule has 0 radical (unpaired) electrons. The quantitative estimate of drug-likeness (QED) is 0.582. The zero-order valence-electron chi connectivity index (χ0n) is 8.86. The predicted octanol–water partition coefficient (Wildman–Crippen LogP) is 0.761. The summed E-state index contributed by atoms with van der Waals surface area (Å²) in [6.07, 6.45) is 2.59. The van der Waals surface area contributed by atoms with Crippen molar-refractivity contribution in [2.45, 2.75) is 18.4 Å². The molecule has 0 aromatic carbocycles. The van der Waals surface area contributed by atoms with E-state index in [1.54, 1.807) is 0 Å². The van der Waals surface area contributed by atoms with E-state index in [0.717, 1.165) is 0 Å². The molecule has 5 heteroatoms. The number of aromatic nitrogens is 1. The summed E-state index contributed by atoms with van der Waals surface area (Å²) in [6, 6.07) is 2.98. The van der Waals surface area contributed by atoms with Gasteiger partial charge in [0.2, 0.25) is 0 Å². The second-order valence-corrected chi connectivity index (χ2v) is 3.83. The fraction of sp³-hybridized carbons (Fsp3) is 0.364. The molecule has 0 bridgehead atoms. The van der Waals surface area contributed by atoms with Gasteiger partial charge in [-0.15, -0.1) is 0 Å². The van der Waals surface area contributed by atoms with E-state index in [4.69, 9.17) is 5.41 Å². The molecular weight excluding hydrogens is 208 g/mol. The van der Waals surface area contributed by atoms with E-state index in [-0.39, 0.29) is 5.71 Å². The smallest absolute Gasteiger partial charge is 0.337 e. The molecule has 84 valence electrons. The largest absolute Gasteiger partial charge is 0.465 e. The number of nitrogens with one attached hydrogen (secondary N) is 1. The Morgan fingerprint density at radius 3 is 2.88 bits per heavy atom. The van der Waals surface area contributed by atoms with Crippen molar-refractivity contribution in [2.24, 2.45) is 0 Å². The molecule has 1 aliphatic carbocycles. The van der Waals surface area contributed by atoms with Crippen molar-refractivity contribution >= 4 is 11.7 Å². The van der Waals surface area contributed by atoms with Gasteiger partial charge in [0.1, 0.15) is 5.60 Å². The van der Waals surface area contributed by atoms with Crippen LogP contribution in [0.1, 0.15) is 28.9 Å². The first-order chi connectivity index (χ1) is 7.57. The van der Waals surface area contributed by atoms with Crippen molar-refractivity contribution in [1.29, 1.82) is 5.41 Å². The fourth-order valence-corrected chi connectivity index (χ4v) is 1.42. The number of carbonyl (C=O) groups is 1. The zero-order chi connectivity index (χ0) is 11.8. The molecule has 0 amide bonds. The summed E-state index contributed by atoms with van der Waals surface area (Å²) in [5, 5.41) is 17.5. The highest BCUT2D eigenvalue weighted by atomic mass is 16.5. The lowest BCUT2D eigenvalue weighted by Gasteiger charge is -2.09. The Morgan fingerprint density at radius 2 is 2.31 bits per heavy atom. The third-order valence-corrected chi connectivity index (χ3v) is 2.63. The molecule has 1 heterocycles. The number of aliphatic hydroxyl groups is 1. The van der Waals surface area contributed by atoms with Gasteiger partial charge in [-0.25, -0.2) is 4.79 Å². The van der Waals surface area contributed by atoms with Crippen LogP contribution in [-0.2, 0) is 4.74 Å². The minimum Gasteiger partial charge on any atom is -0.465 e. The molecule has 1 saturated carbocycles. The van der Waals surface area contributed by atoms with Crippen molar-refractivity contribution in [3.05, 3.63) is 29.6 Å². The summed E-state index contributed by atoms with van der Waals surface area (Å²) < 4.78 is 4.57. The summed E-state index contributed by atoms with van der Waals surface area (Å²) >= 11 is 0. The van der Waals surface area contributed by atoms with E-state index in [1.165, 1.54) is 25.4 Å². The average Bonchev–Trinajstić information content (AvgIpc) is 3.07. The van der Waals surface area contributed by atoms with Gasteiger partial charge in [-0.05, 0) is 25.0 Å². The van der Waals surface area contributed by atoms with E-state index in [0.29, 0.717) is 24.1 Å². The van der Waals surface area contributed by atoms with Crippen LogP contribution in [0.25, 0.3) is 0 Å². The second-order valence-electron chi connectivity index (χ2n) is 3.83. The molecule has 2 rings (SSSR count). The number of esters is 1. The van der Waals surface area contributed by atoms with Crippen LogP contribution in [0.5, 0.6) is 0 Å². The van der Waals surface area contributed by atoms with Crippen molar-refractivity contribution in [3.8, 4) is 0 Å². The van der Waals surface area contributed by atoms with Crippen molar-refractivity contribution in [2.75, 3.05) is 7.11 Å². The number of ether oxygens (including phenoxy) is 1. The Kier molecular flexibility index (Phi) is 2.47. The van der Waals surface area contributed by atoms with E-state index in [9.17, 15) is 9.90 Å².